The average molecular weight is 139 g/mol. The molecule has 54 valence electrons. The second-order valence-electron chi connectivity index (χ2n) is 2.15. The van der Waals surface area contributed by atoms with Crippen LogP contribution in [-0.2, 0) is 0 Å². The zero-order chi connectivity index (χ0) is 10.1. The average Bonchev–Trinajstić information content (AvgIpc) is 2.01. The molecule has 0 amide bonds. The monoisotopic (exact) mass is 139 g/mol. The fraction of sp³-hybridized carbons (Fsp3) is 0.333. The minimum atomic E-state index is -2.10. The van der Waals surface area contributed by atoms with E-state index in [1.54, 1.807) is 25.1 Å². The lowest BCUT2D eigenvalue weighted by Gasteiger charge is -2.05. The van der Waals surface area contributed by atoms with Crippen LogP contribution in [0.2, 0.25) is 0 Å². The van der Waals surface area contributed by atoms with Gasteiger partial charge in [-0.2, -0.15) is 0 Å². The van der Waals surface area contributed by atoms with Crippen LogP contribution in [0, 0.1) is 13.8 Å². The van der Waals surface area contributed by atoms with E-state index in [0.29, 0.717) is 11.3 Å². The lowest BCUT2D eigenvalue weighted by atomic mass is 10.1. The first kappa shape index (κ1) is 4.02. The molecule has 0 spiro atoms. The first-order valence-corrected chi connectivity index (χ1v) is 3.11. The van der Waals surface area contributed by atoms with Gasteiger partial charge in [0.15, 0.2) is 0 Å². The molecule has 1 heteroatoms. The topological polar surface area (TPSA) is 9.23 Å². The molecule has 1 aromatic carbocycles. The Balaban J connectivity index is 3.32. The molecule has 0 atom stereocenters. The van der Waals surface area contributed by atoms with Crippen molar-refractivity contribution in [1.29, 1.82) is 0 Å². The summed E-state index contributed by atoms with van der Waals surface area (Å²) < 4.78 is 26.9. The molecule has 1 nitrogen and oxygen atoms in total. The van der Waals surface area contributed by atoms with Gasteiger partial charge in [0.2, 0.25) is 0 Å². The molecule has 10 heavy (non-hydrogen) atoms. The number of aryl methyl sites for hydroxylation is 1. The van der Waals surface area contributed by atoms with E-state index in [9.17, 15) is 0 Å². The minimum absolute atomic E-state index is 0.303. The van der Waals surface area contributed by atoms with Crippen molar-refractivity contribution in [1.82, 2.24) is 0 Å². The van der Waals surface area contributed by atoms with Gasteiger partial charge < -0.3 is 4.74 Å². The summed E-state index contributed by atoms with van der Waals surface area (Å²) in [7, 11) is 1.48. The number of benzene rings is 1. The molecule has 0 radical (unpaired) electrons. The molecule has 0 aliphatic heterocycles. The van der Waals surface area contributed by atoms with Crippen LogP contribution < -0.4 is 4.74 Å². The van der Waals surface area contributed by atoms with Gasteiger partial charge in [0.05, 0.1) is 7.11 Å². The number of rotatable bonds is 1. The van der Waals surface area contributed by atoms with Crippen molar-refractivity contribution >= 4 is 0 Å². The van der Waals surface area contributed by atoms with E-state index < -0.39 is 6.85 Å². The summed E-state index contributed by atoms with van der Waals surface area (Å²) in [5.74, 6) is 0.431. The number of hydrogen-bond acceptors (Lipinski definition) is 1. The van der Waals surface area contributed by atoms with Gasteiger partial charge in [0, 0.05) is 4.11 Å². The molecule has 0 aliphatic rings. The molecule has 0 fully saturated rings. The Morgan fingerprint density at radius 2 is 2.30 bits per heavy atom. The molecule has 1 rings (SSSR count). The first-order chi connectivity index (χ1) is 5.96. The normalized spacial score (nSPS) is 15.2. The SMILES string of the molecule is [2H]C([2H])([2H])c1c(C)cccc1OC. The van der Waals surface area contributed by atoms with Gasteiger partial charge in [0.25, 0.3) is 0 Å². The van der Waals surface area contributed by atoms with E-state index in [1.807, 2.05) is 0 Å². The van der Waals surface area contributed by atoms with Gasteiger partial charge in [-0.3, -0.25) is 0 Å². The molecule has 1 aromatic rings. The van der Waals surface area contributed by atoms with Gasteiger partial charge in [-0.1, -0.05) is 12.1 Å². The van der Waals surface area contributed by atoms with E-state index in [4.69, 9.17) is 8.85 Å². The van der Waals surface area contributed by atoms with Gasteiger partial charge in [-0.25, -0.2) is 0 Å². The maximum absolute atomic E-state index is 7.31. The Bertz CT molecular complexity index is 304. The zero-order valence-corrected chi connectivity index (χ0v) is 6.14. The van der Waals surface area contributed by atoms with E-state index in [1.165, 1.54) is 7.11 Å². The molecule has 0 unspecified atom stereocenters. The molecule has 0 N–H and O–H groups in total. The highest BCUT2D eigenvalue weighted by Crippen LogP contribution is 2.19. The summed E-state index contributed by atoms with van der Waals surface area (Å²) >= 11 is 0. The third-order valence-electron chi connectivity index (χ3n) is 1.45. The smallest absolute Gasteiger partial charge is 0.122 e. The number of methoxy groups -OCH3 is 1. The lowest BCUT2D eigenvalue weighted by Crippen LogP contribution is -1.88. The van der Waals surface area contributed by atoms with Crippen LogP contribution in [0.1, 0.15) is 15.2 Å². The zero-order valence-electron chi connectivity index (χ0n) is 9.14. The number of ether oxygens (including phenoxy) is 1. The highest BCUT2D eigenvalue weighted by Gasteiger charge is 1.97. The molecule has 0 aliphatic carbocycles. The second-order valence-corrected chi connectivity index (χ2v) is 2.15. The highest BCUT2D eigenvalue weighted by atomic mass is 16.5. The van der Waals surface area contributed by atoms with Crippen molar-refractivity contribution in [3.05, 3.63) is 29.3 Å². The van der Waals surface area contributed by atoms with Crippen molar-refractivity contribution in [2.45, 2.75) is 13.8 Å². The fourth-order valence-electron chi connectivity index (χ4n) is 0.811. The molecular weight excluding hydrogens is 124 g/mol. The summed E-state index contributed by atoms with van der Waals surface area (Å²) in [5, 5.41) is 0. The quantitative estimate of drug-likeness (QED) is 0.580. The van der Waals surface area contributed by atoms with Crippen LogP contribution in [-0.4, -0.2) is 7.11 Å². The largest absolute Gasteiger partial charge is 0.496 e. The van der Waals surface area contributed by atoms with Crippen LogP contribution in [0.4, 0.5) is 0 Å². The summed E-state index contributed by atoms with van der Waals surface area (Å²) in [5.41, 5.74) is 1.04. The van der Waals surface area contributed by atoms with Gasteiger partial charge in [-0.15, -0.1) is 0 Å². The third kappa shape index (κ3) is 1.13. The molecule has 0 aromatic heterocycles. The maximum atomic E-state index is 7.31. The Labute approximate surface area is 65.9 Å². The summed E-state index contributed by atoms with van der Waals surface area (Å²) in [6.45, 7) is -0.332. The van der Waals surface area contributed by atoms with Crippen molar-refractivity contribution < 1.29 is 8.85 Å². The highest BCUT2D eigenvalue weighted by molar-refractivity contribution is 5.37. The summed E-state index contributed by atoms with van der Waals surface area (Å²) in [6.07, 6.45) is 0. The standard InChI is InChI=1S/C9H12O/c1-7-5-4-6-9(10-3)8(7)2/h4-6H,1-3H3/i2D3. The van der Waals surface area contributed by atoms with Crippen LogP contribution in [0.5, 0.6) is 5.75 Å². The fourth-order valence-corrected chi connectivity index (χ4v) is 0.811. The van der Waals surface area contributed by atoms with Crippen LogP contribution >= 0.6 is 0 Å². The minimum Gasteiger partial charge on any atom is -0.496 e. The Hall–Kier alpha value is -0.980. The van der Waals surface area contributed by atoms with E-state index in [-0.39, 0.29) is 0 Å². The van der Waals surface area contributed by atoms with Gasteiger partial charge in [-0.05, 0) is 31.0 Å². The number of hydrogen-bond donors (Lipinski definition) is 0. The molecule has 0 saturated carbocycles. The van der Waals surface area contributed by atoms with Crippen molar-refractivity contribution in [3.8, 4) is 5.75 Å². The first-order valence-electron chi connectivity index (χ1n) is 4.61. The van der Waals surface area contributed by atoms with Crippen molar-refractivity contribution in [2.75, 3.05) is 7.11 Å². The Morgan fingerprint density at radius 3 is 2.80 bits per heavy atom. The molecule has 0 saturated heterocycles. The maximum Gasteiger partial charge on any atom is 0.122 e. The predicted octanol–water partition coefficient (Wildman–Crippen LogP) is 2.31. The van der Waals surface area contributed by atoms with Crippen molar-refractivity contribution in [2.24, 2.45) is 0 Å². The lowest BCUT2D eigenvalue weighted by molar-refractivity contribution is 0.411. The molecule has 0 bridgehead atoms. The predicted molar refractivity (Wildman–Crippen MR) is 42.5 cm³/mol. The van der Waals surface area contributed by atoms with Crippen LogP contribution in [0.15, 0.2) is 18.2 Å². The van der Waals surface area contributed by atoms with E-state index >= 15 is 0 Å². The summed E-state index contributed by atoms with van der Waals surface area (Å²) in [4.78, 5) is 0. The van der Waals surface area contributed by atoms with Crippen LogP contribution in [0.3, 0.4) is 0 Å². The Morgan fingerprint density at radius 1 is 1.50 bits per heavy atom. The molecule has 0 heterocycles. The van der Waals surface area contributed by atoms with Crippen LogP contribution in [0.25, 0.3) is 0 Å². The third-order valence-corrected chi connectivity index (χ3v) is 1.45. The van der Waals surface area contributed by atoms with E-state index in [2.05, 4.69) is 0 Å². The second kappa shape index (κ2) is 2.74. The van der Waals surface area contributed by atoms with Gasteiger partial charge >= 0.3 is 0 Å². The summed E-state index contributed by atoms with van der Waals surface area (Å²) in [6, 6.07) is 5.21. The van der Waals surface area contributed by atoms with E-state index in [0.717, 1.165) is 5.56 Å². The van der Waals surface area contributed by atoms with Gasteiger partial charge in [0.1, 0.15) is 5.75 Å². The van der Waals surface area contributed by atoms with Crippen molar-refractivity contribution in [3.63, 3.8) is 0 Å². The Kier molecular flexibility index (Phi) is 1.10. The molecular formula is C9H12O.